The minimum absolute atomic E-state index is 0.0231. The Morgan fingerprint density at radius 2 is 2.13 bits per heavy atom. The van der Waals surface area contributed by atoms with Gasteiger partial charge in [0.2, 0.25) is 0 Å². The summed E-state index contributed by atoms with van der Waals surface area (Å²) in [6.45, 7) is 2.68. The number of halogens is 1. The van der Waals surface area contributed by atoms with Gasteiger partial charge < -0.3 is 15.0 Å². The summed E-state index contributed by atoms with van der Waals surface area (Å²) in [6, 6.07) is 9.31. The molecule has 0 atom stereocenters. The topological polar surface area (TPSA) is 78.2 Å². The van der Waals surface area contributed by atoms with Crippen LogP contribution in [0.3, 0.4) is 0 Å². The van der Waals surface area contributed by atoms with Gasteiger partial charge in [-0.3, -0.25) is 4.79 Å². The molecule has 3 heterocycles. The average molecular weight is 457 g/mol. The number of thiophene rings is 1. The van der Waals surface area contributed by atoms with Crippen LogP contribution in [0.2, 0.25) is 5.02 Å². The standard InChI is InChI=1S/C21H17ClN4O2S2/c22-16-1-2-19(26-4-6-28-7-5-26)18(10-16)25-20(27)15(11-23)9-17-13-30-21(24-17)14-3-8-29-12-14/h1-3,8-10,12-13H,4-7H2,(H,25,27)/b15-9-. The third-order valence-corrected chi connectivity index (χ3v) is 6.33. The van der Waals surface area contributed by atoms with E-state index in [1.165, 1.54) is 17.4 Å². The van der Waals surface area contributed by atoms with Crippen LogP contribution < -0.4 is 10.2 Å². The zero-order valence-corrected chi connectivity index (χ0v) is 18.2. The summed E-state index contributed by atoms with van der Waals surface area (Å²) in [5.74, 6) is -0.501. The molecular formula is C21H17ClN4O2S2. The molecule has 0 radical (unpaired) electrons. The molecule has 0 saturated carbocycles. The largest absolute Gasteiger partial charge is 0.378 e. The minimum Gasteiger partial charge on any atom is -0.378 e. The number of ether oxygens (including phenoxy) is 1. The first kappa shape index (κ1) is 20.6. The monoisotopic (exact) mass is 456 g/mol. The lowest BCUT2D eigenvalue weighted by molar-refractivity contribution is -0.112. The zero-order chi connectivity index (χ0) is 20.9. The lowest BCUT2D eigenvalue weighted by Crippen LogP contribution is -2.36. The summed E-state index contributed by atoms with van der Waals surface area (Å²) >= 11 is 9.22. The van der Waals surface area contributed by atoms with E-state index >= 15 is 0 Å². The second-order valence-electron chi connectivity index (χ2n) is 6.47. The maximum atomic E-state index is 12.8. The molecule has 1 amide bonds. The molecule has 1 aliphatic heterocycles. The molecule has 1 saturated heterocycles. The summed E-state index contributed by atoms with van der Waals surface area (Å²) in [6.07, 6.45) is 1.50. The van der Waals surface area contributed by atoms with Crippen LogP contribution in [0.25, 0.3) is 16.6 Å². The van der Waals surface area contributed by atoms with Crippen molar-refractivity contribution in [3.8, 4) is 16.6 Å². The molecular weight excluding hydrogens is 440 g/mol. The van der Waals surface area contributed by atoms with Gasteiger partial charge in [0, 0.05) is 34.4 Å². The van der Waals surface area contributed by atoms with Crippen LogP contribution in [0.5, 0.6) is 0 Å². The highest BCUT2D eigenvalue weighted by molar-refractivity contribution is 7.14. The lowest BCUT2D eigenvalue weighted by Gasteiger charge is -2.30. The Kier molecular flexibility index (Phi) is 6.45. The van der Waals surface area contributed by atoms with Crippen molar-refractivity contribution in [1.29, 1.82) is 5.26 Å². The van der Waals surface area contributed by atoms with Gasteiger partial charge in [-0.25, -0.2) is 4.98 Å². The second-order valence-corrected chi connectivity index (χ2v) is 8.55. The number of nitriles is 1. The molecule has 1 fully saturated rings. The van der Waals surface area contributed by atoms with Gasteiger partial charge in [0.25, 0.3) is 5.91 Å². The van der Waals surface area contributed by atoms with Crippen LogP contribution in [0.15, 0.2) is 46.0 Å². The van der Waals surface area contributed by atoms with E-state index in [9.17, 15) is 10.1 Å². The normalized spacial score (nSPS) is 14.4. The smallest absolute Gasteiger partial charge is 0.266 e. The Labute approximate surface area is 187 Å². The van der Waals surface area contributed by atoms with E-state index in [1.54, 1.807) is 23.5 Å². The lowest BCUT2D eigenvalue weighted by atomic mass is 10.2. The van der Waals surface area contributed by atoms with Gasteiger partial charge in [0.15, 0.2) is 0 Å². The van der Waals surface area contributed by atoms with Crippen LogP contribution in [-0.4, -0.2) is 37.2 Å². The average Bonchev–Trinajstić information content (AvgIpc) is 3.44. The van der Waals surface area contributed by atoms with Gasteiger partial charge in [0.05, 0.1) is 30.3 Å². The molecule has 4 rings (SSSR count). The Bertz CT molecular complexity index is 1110. The number of morpholine rings is 1. The molecule has 1 N–H and O–H groups in total. The van der Waals surface area contributed by atoms with Crippen molar-refractivity contribution < 1.29 is 9.53 Å². The molecule has 1 aliphatic rings. The van der Waals surface area contributed by atoms with E-state index in [0.29, 0.717) is 29.6 Å². The number of aromatic nitrogens is 1. The quantitative estimate of drug-likeness (QED) is 0.436. The first-order chi connectivity index (χ1) is 14.6. The number of hydrogen-bond donors (Lipinski definition) is 1. The van der Waals surface area contributed by atoms with Crippen molar-refractivity contribution in [2.45, 2.75) is 0 Å². The number of nitrogens with one attached hydrogen (secondary N) is 1. The second kappa shape index (κ2) is 9.41. The first-order valence-electron chi connectivity index (χ1n) is 9.17. The Balaban J connectivity index is 1.56. The van der Waals surface area contributed by atoms with E-state index in [4.69, 9.17) is 16.3 Å². The molecule has 30 heavy (non-hydrogen) atoms. The van der Waals surface area contributed by atoms with Crippen LogP contribution in [0.1, 0.15) is 5.69 Å². The van der Waals surface area contributed by atoms with Crippen LogP contribution in [0.4, 0.5) is 11.4 Å². The van der Waals surface area contributed by atoms with Crippen molar-refractivity contribution in [2.75, 3.05) is 36.5 Å². The zero-order valence-electron chi connectivity index (χ0n) is 15.8. The van der Waals surface area contributed by atoms with E-state index in [0.717, 1.165) is 29.3 Å². The van der Waals surface area contributed by atoms with Crippen molar-refractivity contribution in [2.24, 2.45) is 0 Å². The van der Waals surface area contributed by atoms with Gasteiger partial charge in [-0.1, -0.05) is 11.6 Å². The number of hydrogen-bond acceptors (Lipinski definition) is 7. The van der Waals surface area contributed by atoms with Gasteiger partial charge in [-0.05, 0) is 35.7 Å². The van der Waals surface area contributed by atoms with Gasteiger partial charge >= 0.3 is 0 Å². The third kappa shape index (κ3) is 4.71. The molecule has 6 nitrogen and oxygen atoms in total. The van der Waals surface area contributed by atoms with Gasteiger partial charge in [0.1, 0.15) is 16.6 Å². The summed E-state index contributed by atoms with van der Waals surface area (Å²) in [5.41, 5.74) is 2.99. The Morgan fingerprint density at radius 3 is 2.87 bits per heavy atom. The maximum absolute atomic E-state index is 12.8. The molecule has 2 aromatic heterocycles. The maximum Gasteiger partial charge on any atom is 0.266 e. The summed E-state index contributed by atoms with van der Waals surface area (Å²) in [7, 11) is 0. The van der Waals surface area contributed by atoms with E-state index < -0.39 is 5.91 Å². The number of thiazole rings is 1. The first-order valence-corrected chi connectivity index (χ1v) is 11.4. The number of carbonyl (C=O) groups excluding carboxylic acids is 1. The summed E-state index contributed by atoms with van der Waals surface area (Å²) < 4.78 is 5.40. The number of anilines is 2. The third-order valence-electron chi connectivity index (χ3n) is 4.51. The SMILES string of the molecule is N#C/C(=C/c1csc(-c2ccsc2)n1)C(=O)Nc1cc(Cl)ccc1N1CCOCC1. The fraction of sp³-hybridized carbons (Fsp3) is 0.190. The predicted molar refractivity (Wildman–Crippen MR) is 122 cm³/mol. The van der Waals surface area contributed by atoms with E-state index in [1.807, 2.05) is 34.3 Å². The van der Waals surface area contributed by atoms with Gasteiger partial charge in [-0.15, -0.1) is 11.3 Å². The van der Waals surface area contributed by atoms with Crippen LogP contribution >= 0.6 is 34.3 Å². The molecule has 0 bridgehead atoms. The molecule has 0 unspecified atom stereocenters. The van der Waals surface area contributed by atoms with Crippen molar-refractivity contribution in [3.63, 3.8) is 0 Å². The van der Waals surface area contributed by atoms with Crippen molar-refractivity contribution in [3.05, 3.63) is 56.7 Å². The molecule has 9 heteroatoms. The molecule has 152 valence electrons. The summed E-state index contributed by atoms with van der Waals surface area (Å²) in [4.78, 5) is 19.5. The number of benzene rings is 1. The molecule has 0 aliphatic carbocycles. The molecule has 1 aromatic carbocycles. The fourth-order valence-electron chi connectivity index (χ4n) is 3.05. The van der Waals surface area contributed by atoms with Gasteiger partial charge in [-0.2, -0.15) is 16.6 Å². The number of rotatable bonds is 5. The molecule has 3 aromatic rings. The number of amides is 1. The highest BCUT2D eigenvalue weighted by Crippen LogP contribution is 2.31. The number of nitrogens with zero attached hydrogens (tertiary/aromatic N) is 3. The minimum atomic E-state index is -0.501. The van der Waals surface area contributed by atoms with E-state index in [2.05, 4.69) is 15.2 Å². The highest BCUT2D eigenvalue weighted by Gasteiger charge is 2.18. The Hall–Kier alpha value is -2.70. The van der Waals surface area contributed by atoms with Crippen molar-refractivity contribution in [1.82, 2.24) is 4.98 Å². The van der Waals surface area contributed by atoms with Crippen molar-refractivity contribution >= 4 is 57.6 Å². The number of carbonyl (C=O) groups is 1. The highest BCUT2D eigenvalue weighted by atomic mass is 35.5. The summed E-state index contributed by atoms with van der Waals surface area (Å²) in [5, 5.41) is 19.6. The predicted octanol–water partition coefficient (Wildman–Crippen LogP) is 4.91. The van der Waals surface area contributed by atoms with Crippen LogP contribution in [-0.2, 0) is 9.53 Å². The fourth-order valence-corrected chi connectivity index (χ4v) is 4.71. The Morgan fingerprint density at radius 1 is 1.30 bits per heavy atom. The molecule has 0 spiro atoms. The van der Waals surface area contributed by atoms with E-state index in [-0.39, 0.29) is 5.57 Å². The van der Waals surface area contributed by atoms with Crippen LogP contribution in [0, 0.1) is 11.3 Å².